The largest absolute Gasteiger partial charge is 0.497 e. The van der Waals surface area contributed by atoms with E-state index in [1.54, 1.807) is 26.4 Å². The Bertz CT molecular complexity index is 1070. The van der Waals surface area contributed by atoms with Crippen molar-refractivity contribution in [1.29, 1.82) is 0 Å². The maximum absolute atomic E-state index is 14.8. The molecule has 4 rings (SSSR count). The van der Waals surface area contributed by atoms with Gasteiger partial charge in [0.05, 0.1) is 18.9 Å². The van der Waals surface area contributed by atoms with Crippen molar-refractivity contribution >= 4 is 11.5 Å². The summed E-state index contributed by atoms with van der Waals surface area (Å²) >= 11 is 0. The predicted octanol–water partition coefficient (Wildman–Crippen LogP) is 5.39. The van der Waals surface area contributed by atoms with Crippen molar-refractivity contribution in [3.05, 3.63) is 53.3 Å². The summed E-state index contributed by atoms with van der Waals surface area (Å²) in [5, 5.41) is 0. The lowest BCUT2D eigenvalue weighted by atomic mass is 9.63. The smallest absolute Gasteiger partial charge is 0.184 e. The van der Waals surface area contributed by atoms with E-state index in [4.69, 9.17) is 25.2 Å². The van der Waals surface area contributed by atoms with Crippen molar-refractivity contribution in [3.63, 3.8) is 0 Å². The molecule has 2 aromatic rings. The maximum Gasteiger partial charge on any atom is 0.184 e. The molecule has 1 unspecified atom stereocenters. The number of ether oxygens (including phenoxy) is 2. The molecule has 0 amide bonds. The Morgan fingerprint density at radius 2 is 1.75 bits per heavy atom. The molecule has 2 aliphatic rings. The van der Waals surface area contributed by atoms with E-state index in [9.17, 15) is 4.39 Å². The van der Waals surface area contributed by atoms with Gasteiger partial charge < -0.3 is 15.2 Å². The Morgan fingerprint density at radius 1 is 1.03 bits per heavy atom. The fraction of sp³-hybridized carbons (Fsp3) is 0.462. The van der Waals surface area contributed by atoms with E-state index in [0.29, 0.717) is 17.1 Å². The van der Waals surface area contributed by atoms with Gasteiger partial charge in [-0.25, -0.2) is 9.38 Å². The van der Waals surface area contributed by atoms with Gasteiger partial charge in [-0.1, -0.05) is 19.1 Å². The molecule has 0 spiro atoms. The third-order valence-electron chi connectivity index (χ3n) is 7.29. The normalized spacial score (nSPS) is 27.8. The lowest BCUT2D eigenvalue weighted by molar-refractivity contribution is 0.00120. The van der Waals surface area contributed by atoms with Crippen LogP contribution in [0.3, 0.4) is 0 Å². The summed E-state index contributed by atoms with van der Waals surface area (Å²) in [5.74, 6) is 0.785. The van der Waals surface area contributed by atoms with Crippen LogP contribution in [0, 0.1) is 18.2 Å². The quantitative estimate of drug-likeness (QED) is 0.682. The van der Waals surface area contributed by atoms with Crippen LogP contribution in [0.1, 0.15) is 50.7 Å². The summed E-state index contributed by atoms with van der Waals surface area (Å²) in [7, 11) is 3.35. The first-order valence-electron chi connectivity index (χ1n) is 11.1. The van der Waals surface area contributed by atoms with Gasteiger partial charge in [0.2, 0.25) is 0 Å². The molecule has 170 valence electrons. The van der Waals surface area contributed by atoms with Crippen LogP contribution in [0.15, 0.2) is 46.4 Å². The Balaban J connectivity index is 1.88. The molecule has 0 bridgehead atoms. The van der Waals surface area contributed by atoms with Gasteiger partial charge in [-0.05, 0) is 74.9 Å². The number of halogens is 1. The first kappa shape index (κ1) is 22.5. The van der Waals surface area contributed by atoms with E-state index in [1.165, 1.54) is 6.07 Å². The van der Waals surface area contributed by atoms with Gasteiger partial charge in [0.1, 0.15) is 17.4 Å². The second-order valence-electron chi connectivity index (χ2n) is 9.24. The number of aliphatic imine (C=N–C) groups is 2. The number of benzene rings is 2. The second-order valence-corrected chi connectivity index (χ2v) is 9.24. The highest BCUT2D eigenvalue weighted by Crippen LogP contribution is 2.55. The van der Waals surface area contributed by atoms with Crippen LogP contribution in [0.4, 0.5) is 4.39 Å². The summed E-state index contributed by atoms with van der Waals surface area (Å²) in [5.41, 5.74) is 9.25. The van der Waals surface area contributed by atoms with Crippen molar-refractivity contribution in [2.45, 2.75) is 58.2 Å². The van der Waals surface area contributed by atoms with Crippen molar-refractivity contribution in [2.75, 3.05) is 14.2 Å². The number of aryl methyl sites for hydroxylation is 1. The SMILES string of the molecule is COc1ccc(F)c(-c2ccc(C)c(C3(C4(C)CCC(OC)CC4)N=C(C)C(N)=N3)c2)c1. The minimum Gasteiger partial charge on any atom is -0.497 e. The number of nitrogens with two attached hydrogens (primary N) is 1. The molecule has 2 N–H and O–H groups in total. The molecule has 1 aliphatic heterocycles. The van der Waals surface area contributed by atoms with Crippen LogP contribution in [0.25, 0.3) is 11.1 Å². The average molecular weight is 438 g/mol. The van der Waals surface area contributed by atoms with E-state index in [-0.39, 0.29) is 17.3 Å². The van der Waals surface area contributed by atoms with Gasteiger partial charge in [-0.15, -0.1) is 0 Å². The molecule has 1 saturated carbocycles. The molecule has 32 heavy (non-hydrogen) atoms. The fourth-order valence-corrected chi connectivity index (χ4v) is 5.13. The predicted molar refractivity (Wildman–Crippen MR) is 127 cm³/mol. The molecule has 1 heterocycles. The third kappa shape index (κ3) is 3.60. The summed E-state index contributed by atoms with van der Waals surface area (Å²) in [6.07, 6.45) is 3.97. The van der Waals surface area contributed by atoms with Gasteiger partial charge in [-0.2, -0.15) is 0 Å². The highest BCUT2D eigenvalue weighted by atomic mass is 19.1. The first-order valence-corrected chi connectivity index (χ1v) is 11.1. The Morgan fingerprint density at radius 3 is 2.34 bits per heavy atom. The fourth-order valence-electron chi connectivity index (χ4n) is 5.13. The molecular weight excluding hydrogens is 405 g/mol. The highest BCUT2D eigenvalue weighted by molar-refractivity contribution is 6.41. The Labute approximate surface area is 189 Å². The van der Waals surface area contributed by atoms with Crippen molar-refractivity contribution in [1.82, 2.24) is 0 Å². The van der Waals surface area contributed by atoms with Gasteiger partial charge in [-0.3, -0.25) is 4.99 Å². The van der Waals surface area contributed by atoms with Gasteiger partial charge in [0, 0.05) is 23.7 Å². The second kappa shape index (κ2) is 8.32. The van der Waals surface area contributed by atoms with E-state index in [0.717, 1.165) is 48.1 Å². The van der Waals surface area contributed by atoms with Crippen molar-refractivity contribution < 1.29 is 13.9 Å². The zero-order valence-corrected chi connectivity index (χ0v) is 19.5. The minimum absolute atomic E-state index is 0.235. The lowest BCUT2D eigenvalue weighted by Crippen LogP contribution is -2.44. The van der Waals surface area contributed by atoms with Crippen LogP contribution < -0.4 is 10.5 Å². The summed E-state index contributed by atoms with van der Waals surface area (Å²) in [6.45, 7) is 6.21. The lowest BCUT2D eigenvalue weighted by Gasteiger charge is -2.47. The number of nitrogens with zero attached hydrogens (tertiary/aromatic N) is 2. The van der Waals surface area contributed by atoms with Crippen LogP contribution in [-0.2, 0) is 10.4 Å². The van der Waals surface area contributed by atoms with Crippen LogP contribution in [0.2, 0.25) is 0 Å². The van der Waals surface area contributed by atoms with Crippen LogP contribution in [-0.4, -0.2) is 31.9 Å². The molecule has 0 aromatic heterocycles. The van der Waals surface area contributed by atoms with Crippen molar-refractivity contribution in [3.8, 4) is 16.9 Å². The average Bonchev–Trinajstić information content (AvgIpc) is 3.11. The number of hydrogen-bond donors (Lipinski definition) is 1. The third-order valence-corrected chi connectivity index (χ3v) is 7.29. The first-order chi connectivity index (χ1) is 15.2. The van der Waals surface area contributed by atoms with Crippen LogP contribution in [0.5, 0.6) is 5.75 Å². The summed E-state index contributed by atoms with van der Waals surface area (Å²) in [6, 6.07) is 10.8. The van der Waals surface area contributed by atoms with Gasteiger partial charge >= 0.3 is 0 Å². The number of methoxy groups -OCH3 is 2. The molecule has 1 atom stereocenters. The monoisotopic (exact) mass is 437 g/mol. The number of hydrogen-bond acceptors (Lipinski definition) is 5. The maximum atomic E-state index is 14.8. The van der Waals surface area contributed by atoms with E-state index in [2.05, 4.69) is 13.8 Å². The zero-order valence-electron chi connectivity index (χ0n) is 19.5. The summed E-state index contributed by atoms with van der Waals surface area (Å²) in [4.78, 5) is 10.1. The molecule has 5 nitrogen and oxygen atoms in total. The molecule has 1 aliphatic carbocycles. The van der Waals surface area contributed by atoms with E-state index < -0.39 is 5.66 Å². The number of rotatable bonds is 5. The molecule has 0 saturated heterocycles. The Kier molecular flexibility index (Phi) is 5.84. The summed E-state index contributed by atoms with van der Waals surface area (Å²) < 4.78 is 25.7. The standard InChI is InChI=1S/C26H32FN3O2/c1-16-6-7-18(21-15-20(32-5)8-9-23(21)27)14-22(16)26(29-17(2)24(28)30-26)25(3)12-10-19(31-4)11-13-25/h6-9,14-15,19H,10-13H2,1-5H3,(H2,28,30). The van der Waals surface area contributed by atoms with E-state index in [1.807, 2.05) is 25.1 Å². The highest BCUT2D eigenvalue weighted by Gasteiger charge is 2.54. The molecule has 2 aromatic carbocycles. The molecule has 0 radical (unpaired) electrons. The zero-order chi connectivity index (χ0) is 23.1. The van der Waals surface area contributed by atoms with E-state index >= 15 is 0 Å². The van der Waals surface area contributed by atoms with Gasteiger partial charge in [0.15, 0.2) is 5.66 Å². The minimum atomic E-state index is -0.838. The topological polar surface area (TPSA) is 69.2 Å². The molecule has 1 fully saturated rings. The van der Waals surface area contributed by atoms with Gasteiger partial charge in [0.25, 0.3) is 0 Å². The Hall–Kier alpha value is -2.73. The van der Waals surface area contributed by atoms with Crippen molar-refractivity contribution in [2.24, 2.45) is 21.1 Å². The van der Waals surface area contributed by atoms with Crippen LogP contribution >= 0.6 is 0 Å². The molecular formula is C26H32FN3O2. The number of amidine groups is 1. The molecule has 6 heteroatoms.